The van der Waals surface area contributed by atoms with Gasteiger partial charge in [0.25, 0.3) is 0 Å². The van der Waals surface area contributed by atoms with Crippen LogP contribution in [0.2, 0.25) is 0 Å². The third-order valence-corrected chi connectivity index (χ3v) is 15.6. The minimum Gasteiger partial charge on any atom is -0.481 e. The average Bonchev–Trinajstić information content (AvgIpc) is 3.32. The van der Waals surface area contributed by atoms with Gasteiger partial charge in [-0.05, 0) is 116 Å². The number of allylic oxidation sites excluding steroid dienone is 1. The van der Waals surface area contributed by atoms with Crippen LogP contribution in [0, 0.1) is 56.2 Å². The monoisotopic (exact) mass is 666 g/mol. The Hall–Kier alpha value is -2.22. The van der Waals surface area contributed by atoms with E-state index in [0.717, 1.165) is 70.0 Å². The molecule has 0 unspecified atom stereocenters. The SMILES string of the molecule is CC(C)C1=C2[C@H]3CC[C@@H]4[C@@]5(C)CC[C@H](OC(=O)CC(C)(C)C(=O)O)C(C)(C)[C@@H]5CC[C@@]4(C)[C@]3(C)CC[C@@]2(C(=O)N2CCNCC2)CC1=O. The first kappa shape index (κ1) is 35.6. The lowest BCUT2D eigenvalue weighted by atomic mass is 9.33. The number of fused-ring (bicyclic) bond motifs is 7. The maximum Gasteiger partial charge on any atom is 0.309 e. The summed E-state index contributed by atoms with van der Waals surface area (Å²) in [7, 11) is 0. The van der Waals surface area contributed by atoms with Crippen molar-refractivity contribution in [3.8, 4) is 0 Å². The number of piperazine rings is 1. The molecular weight excluding hydrogens is 604 g/mol. The minimum absolute atomic E-state index is 0.0207. The molecule has 0 bridgehead atoms. The van der Waals surface area contributed by atoms with Gasteiger partial charge in [-0.1, -0.05) is 48.5 Å². The summed E-state index contributed by atoms with van der Waals surface area (Å²) in [6, 6.07) is 0. The summed E-state index contributed by atoms with van der Waals surface area (Å²) in [6.45, 7) is 22.6. The number of ketones is 1. The molecule has 1 amide bonds. The number of hydrogen-bond acceptors (Lipinski definition) is 6. The number of amides is 1. The lowest BCUT2D eigenvalue weighted by molar-refractivity contribution is -0.233. The van der Waals surface area contributed by atoms with Crippen molar-refractivity contribution in [3.05, 3.63) is 11.1 Å². The van der Waals surface area contributed by atoms with Crippen molar-refractivity contribution in [2.75, 3.05) is 26.2 Å². The molecule has 0 aromatic rings. The van der Waals surface area contributed by atoms with E-state index >= 15 is 0 Å². The molecule has 1 aliphatic heterocycles. The normalized spacial score (nSPS) is 40.9. The molecule has 8 heteroatoms. The fourth-order valence-electron chi connectivity index (χ4n) is 12.9. The first-order chi connectivity index (χ1) is 22.3. The average molecular weight is 667 g/mol. The van der Waals surface area contributed by atoms with Crippen molar-refractivity contribution in [1.82, 2.24) is 10.2 Å². The Morgan fingerprint density at radius 1 is 0.917 bits per heavy atom. The number of carboxylic acid groups (broad SMARTS) is 1. The van der Waals surface area contributed by atoms with Crippen LogP contribution < -0.4 is 5.32 Å². The molecular formula is C40H62N2O6. The Morgan fingerprint density at radius 2 is 1.58 bits per heavy atom. The lowest BCUT2D eigenvalue weighted by Gasteiger charge is -2.72. The van der Waals surface area contributed by atoms with Gasteiger partial charge in [0.15, 0.2) is 5.78 Å². The quantitative estimate of drug-likeness (QED) is 0.300. The lowest BCUT2D eigenvalue weighted by Crippen LogP contribution is -2.66. The Balaban J connectivity index is 1.31. The van der Waals surface area contributed by atoms with Crippen LogP contribution in [-0.2, 0) is 23.9 Å². The van der Waals surface area contributed by atoms with Crippen molar-refractivity contribution in [2.45, 2.75) is 133 Å². The van der Waals surface area contributed by atoms with Gasteiger partial charge < -0.3 is 20.1 Å². The molecule has 6 rings (SSSR count). The van der Waals surface area contributed by atoms with Crippen molar-refractivity contribution in [1.29, 1.82) is 0 Å². The van der Waals surface area contributed by atoms with E-state index < -0.39 is 22.8 Å². The van der Waals surface area contributed by atoms with E-state index in [2.05, 4.69) is 53.8 Å². The van der Waals surface area contributed by atoms with Gasteiger partial charge >= 0.3 is 11.9 Å². The molecule has 0 radical (unpaired) electrons. The number of nitrogens with zero attached hydrogens (tertiary/aromatic N) is 1. The predicted molar refractivity (Wildman–Crippen MR) is 185 cm³/mol. The minimum atomic E-state index is -1.16. The van der Waals surface area contributed by atoms with Crippen molar-refractivity contribution < 1.29 is 29.0 Å². The molecule has 1 heterocycles. The van der Waals surface area contributed by atoms with Gasteiger partial charge in [0.05, 0.1) is 17.3 Å². The Bertz CT molecular complexity index is 1410. The second-order valence-electron chi connectivity index (χ2n) is 19.0. The number of nitrogens with one attached hydrogen (secondary N) is 1. The predicted octanol–water partition coefficient (Wildman–Crippen LogP) is 6.81. The van der Waals surface area contributed by atoms with E-state index in [1.54, 1.807) is 13.8 Å². The number of rotatable bonds is 6. The summed E-state index contributed by atoms with van der Waals surface area (Å²) < 4.78 is 6.15. The van der Waals surface area contributed by atoms with E-state index in [1.165, 1.54) is 5.57 Å². The number of aliphatic carboxylic acids is 1. The molecule has 0 spiro atoms. The molecule has 5 fully saturated rings. The molecule has 2 N–H and O–H groups in total. The molecule has 0 aromatic heterocycles. The maximum atomic E-state index is 14.6. The first-order valence-corrected chi connectivity index (χ1v) is 19.0. The van der Waals surface area contributed by atoms with E-state index in [1.807, 2.05) is 4.90 Å². The summed E-state index contributed by atoms with van der Waals surface area (Å²) in [5.41, 5.74) is 0.217. The van der Waals surface area contributed by atoms with Gasteiger partial charge in [-0.2, -0.15) is 0 Å². The topological polar surface area (TPSA) is 113 Å². The van der Waals surface area contributed by atoms with Crippen LogP contribution in [0.5, 0.6) is 0 Å². The van der Waals surface area contributed by atoms with Crippen LogP contribution in [-0.4, -0.2) is 65.9 Å². The van der Waals surface area contributed by atoms with Crippen LogP contribution in [0.25, 0.3) is 0 Å². The van der Waals surface area contributed by atoms with E-state index in [-0.39, 0.29) is 57.7 Å². The van der Waals surface area contributed by atoms with Crippen molar-refractivity contribution >= 4 is 23.6 Å². The number of carbonyl (C=O) groups is 4. The zero-order valence-corrected chi connectivity index (χ0v) is 31.2. The van der Waals surface area contributed by atoms with Crippen LogP contribution in [0.1, 0.15) is 127 Å². The summed E-state index contributed by atoms with van der Waals surface area (Å²) in [5, 5.41) is 13.0. The molecule has 0 aromatic carbocycles. The number of hydrogen-bond donors (Lipinski definition) is 2. The molecule has 8 nitrogen and oxygen atoms in total. The second kappa shape index (κ2) is 11.7. The molecule has 6 aliphatic rings. The number of Topliss-reactive ketones (excluding diaryl/α,β-unsaturated/α-hetero) is 1. The van der Waals surface area contributed by atoms with Crippen LogP contribution in [0.4, 0.5) is 0 Å². The van der Waals surface area contributed by atoms with E-state index in [9.17, 15) is 24.3 Å². The van der Waals surface area contributed by atoms with Gasteiger partial charge in [0, 0.05) is 38.0 Å². The molecule has 5 aliphatic carbocycles. The van der Waals surface area contributed by atoms with E-state index in [4.69, 9.17) is 4.74 Å². The van der Waals surface area contributed by atoms with Gasteiger partial charge in [0.1, 0.15) is 6.10 Å². The molecule has 268 valence electrons. The number of esters is 1. The summed E-state index contributed by atoms with van der Waals surface area (Å²) >= 11 is 0. The standard InChI is InChI=1S/C40H62N2O6/c1-24(2)31-26(43)22-40(33(45)42-20-18-41-19-21-42)17-16-38(8)25(32(31)40)10-11-28-37(7)14-13-29(48-30(44)23-35(3,4)34(46)47)36(5,6)27(37)12-15-39(28,38)9/h24-25,27-29,41H,10-23H2,1-9H3,(H,46,47)/t25-,27+,28-,29+,37+,38-,39-,40-/m1/s1. The number of ether oxygens (including phenoxy) is 1. The van der Waals surface area contributed by atoms with E-state index in [0.29, 0.717) is 31.3 Å². The summed E-state index contributed by atoms with van der Waals surface area (Å²) in [4.78, 5) is 55.3. The van der Waals surface area contributed by atoms with Gasteiger partial charge in [-0.25, -0.2) is 0 Å². The summed E-state index contributed by atoms with van der Waals surface area (Å²) in [5.74, 6) is 0.195. The zero-order chi connectivity index (χ0) is 35.2. The Morgan fingerprint density at radius 3 is 2.21 bits per heavy atom. The van der Waals surface area contributed by atoms with Crippen molar-refractivity contribution in [2.24, 2.45) is 56.2 Å². The summed E-state index contributed by atoms with van der Waals surface area (Å²) in [6.07, 6.45) is 7.69. The Kier molecular flexibility index (Phi) is 8.65. The van der Waals surface area contributed by atoms with Crippen LogP contribution in [0.15, 0.2) is 11.1 Å². The highest BCUT2D eigenvalue weighted by Crippen LogP contribution is 2.77. The molecule has 8 atom stereocenters. The third-order valence-electron chi connectivity index (χ3n) is 15.6. The zero-order valence-electron chi connectivity index (χ0n) is 31.2. The van der Waals surface area contributed by atoms with Gasteiger partial charge in [-0.15, -0.1) is 0 Å². The second-order valence-corrected chi connectivity index (χ2v) is 19.0. The molecule has 4 saturated carbocycles. The smallest absolute Gasteiger partial charge is 0.309 e. The maximum absolute atomic E-state index is 14.6. The highest BCUT2D eigenvalue weighted by molar-refractivity contribution is 6.07. The van der Waals surface area contributed by atoms with Crippen molar-refractivity contribution in [3.63, 3.8) is 0 Å². The third kappa shape index (κ3) is 4.98. The van der Waals surface area contributed by atoms with Crippen LogP contribution >= 0.6 is 0 Å². The number of carbonyl (C=O) groups excluding carboxylic acids is 3. The first-order valence-electron chi connectivity index (χ1n) is 19.0. The van der Waals surface area contributed by atoms with Gasteiger partial charge in [0.2, 0.25) is 5.91 Å². The van der Waals surface area contributed by atoms with Crippen LogP contribution in [0.3, 0.4) is 0 Å². The van der Waals surface area contributed by atoms with Gasteiger partial charge in [-0.3, -0.25) is 19.2 Å². The number of carboxylic acids is 1. The fourth-order valence-corrected chi connectivity index (χ4v) is 12.9. The largest absolute Gasteiger partial charge is 0.481 e. The Labute approximate surface area is 288 Å². The molecule has 1 saturated heterocycles. The highest BCUT2D eigenvalue weighted by atomic mass is 16.5. The molecule has 48 heavy (non-hydrogen) atoms. The fraction of sp³-hybridized carbons (Fsp3) is 0.850. The highest BCUT2D eigenvalue weighted by Gasteiger charge is 2.71.